The number of anilines is 1. The molecule has 2 aromatic rings. The Balaban J connectivity index is 0.00000127. The van der Waals surface area contributed by atoms with Gasteiger partial charge in [0.25, 0.3) is 0 Å². The van der Waals surface area contributed by atoms with E-state index in [1.165, 1.54) is 5.56 Å². The molecule has 2 rings (SSSR count). The molecule has 0 aliphatic carbocycles. The largest absolute Gasteiger partial charge is 0.392 e. The van der Waals surface area contributed by atoms with Crippen LogP contribution in [0.25, 0.3) is 11.4 Å². The number of benzene rings is 1. The number of rotatable bonds is 2. The fourth-order valence-corrected chi connectivity index (χ4v) is 2.18. The van der Waals surface area contributed by atoms with E-state index in [1.54, 1.807) is 0 Å². The summed E-state index contributed by atoms with van der Waals surface area (Å²) in [5.41, 5.74) is 10.6. The minimum absolute atomic E-state index is 0.0333. The van der Waals surface area contributed by atoms with Gasteiger partial charge < -0.3 is 10.8 Å². The summed E-state index contributed by atoms with van der Waals surface area (Å²) < 4.78 is 0. The summed E-state index contributed by atoms with van der Waals surface area (Å²) in [5, 5.41) is 9.68. The molecule has 0 saturated carbocycles. The Kier molecular flexibility index (Phi) is 6.28. The van der Waals surface area contributed by atoms with E-state index in [0.29, 0.717) is 11.6 Å². The Morgan fingerprint density at radius 2 is 1.70 bits per heavy atom. The number of hydrogen-bond acceptors (Lipinski definition) is 4. The number of nitrogens with zero attached hydrogens (tertiary/aromatic N) is 2. The molecule has 0 bridgehead atoms. The average Bonchev–Trinajstić information content (AvgIpc) is 2.52. The lowest BCUT2D eigenvalue weighted by molar-refractivity contribution is 0.282. The number of hydrogen-bond donors (Lipinski definition) is 2. The Morgan fingerprint density at radius 1 is 1.09 bits per heavy atom. The zero-order valence-corrected chi connectivity index (χ0v) is 15.4. The molecule has 0 unspecified atom stereocenters. The van der Waals surface area contributed by atoms with Gasteiger partial charge >= 0.3 is 0 Å². The van der Waals surface area contributed by atoms with Crippen molar-refractivity contribution in [2.45, 2.75) is 60.5 Å². The molecule has 1 aromatic heterocycles. The summed E-state index contributed by atoms with van der Waals surface area (Å²) in [4.78, 5) is 8.86. The van der Waals surface area contributed by atoms with E-state index in [0.717, 1.165) is 22.4 Å². The molecule has 126 valence electrons. The van der Waals surface area contributed by atoms with E-state index in [2.05, 4.69) is 36.8 Å². The van der Waals surface area contributed by atoms with Crippen molar-refractivity contribution >= 4 is 5.82 Å². The zero-order valence-electron chi connectivity index (χ0n) is 15.4. The monoisotopic (exact) mass is 315 g/mol. The summed E-state index contributed by atoms with van der Waals surface area (Å²) in [6, 6.07) is 6.04. The van der Waals surface area contributed by atoms with Gasteiger partial charge in [0.15, 0.2) is 5.82 Å². The highest BCUT2D eigenvalue weighted by Crippen LogP contribution is 2.29. The topological polar surface area (TPSA) is 72.0 Å². The minimum atomic E-state index is -0.0462. The molecule has 0 aliphatic heterocycles. The van der Waals surface area contributed by atoms with E-state index in [-0.39, 0.29) is 12.0 Å². The average molecular weight is 315 g/mol. The van der Waals surface area contributed by atoms with Crippen LogP contribution in [0.5, 0.6) is 0 Å². The molecule has 0 amide bonds. The van der Waals surface area contributed by atoms with Crippen LogP contribution < -0.4 is 5.73 Å². The third kappa shape index (κ3) is 4.29. The van der Waals surface area contributed by atoms with E-state index in [1.807, 2.05) is 39.8 Å². The van der Waals surface area contributed by atoms with Crippen LogP contribution in [0.4, 0.5) is 5.82 Å². The summed E-state index contributed by atoms with van der Waals surface area (Å²) in [6.07, 6.45) is 0. The lowest BCUT2D eigenvalue weighted by Gasteiger charge is -2.21. The number of aryl methyl sites for hydroxylation is 1. The first-order valence-electron chi connectivity index (χ1n) is 8.09. The normalized spacial score (nSPS) is 11.0. The second-order valence-corrected chi connectivity index (χ2v) is 6.42. The smallest absolute Gasteiger partial charge is 0.162 e. The standard InChI is InChI=1S/C17H23N3O.C2H6/c1-10-11(2)19-16(20-15(10)18)14-7-6-13(17(3,4)5)8-12(14)9-21;1-2/h6-8,21H,9H2,1-5H3,(H2,18,19,20);1-2H3. The number of aromatic nitrogens is 2. The van der Waals surface area contributed by atoms with Crippen LogP contribution in [0.15, 0.2) is 18.2 Å². The second-order valence-electron chi connectivity index (χ2n) is 6.42. The van der Waals surface area contributed by atoms with Crippen LogP contribution >= 0.6 is 0 Å². The minimum Gasteiger partial charge on any atom is -0.392 e. The van der Waals surface area contributed by atoms with E-state index in [4.69, 9.17) is 5.73 Å². The molecule has 0 radical (unpaired) electrons. The predicted molar refractivity (Wildman–Crippen MR) is 97.3 cm³/mol. The van der Waals surface area contributed by atoms with E-state index < -0.39 is 0 Å². The van der Waals surface area contributed by atoms with Gasteiger partial charge in [-0.3, -0.25) is 0 Å². The fraction of sp³-hybridized carbons (Fsp3) is 0.474. The van der Waals surface area contributed by atoms with Crippen LogP contribution in [0, 0.1) is 13.8 Å². The van der Waals surface area contributed by atoms with E-state index in [9.17, 15) is 5.11 Å². The summed E-state index contributed by atoms with van der Waals surface area (Å²) >= 11 is 0. The molecule has 0 fully saturated rings. The molecule has 0 spiro atoms. The van der Waals surface area contributed by atoms with Gasteiger partial charge in [-0.1, -0.05) is 52.8 Å². The van der Waals surface area contributed by atoms with Gasteiger partial charge in [-0.25, -0.2) is 9.97 Å². The highest BCUT2D eigenvalue weighted by Gasteiger charge is 2.17. The summed E-state index contributed by atoms with van der Waals surface area (Å²) in [7, 11) is 0. The quantitative estimate of drug-likeness (QED) is 0.873. The predicted octanol–water partition coefficient (Wildman–Crippen LogP) is 4.16. The highest BCUT2D eigenvalue weighted by molar-refractivity contribution is 5.63. The molecule has 0 aliphatic rings. The molecule has 3 N–H and O–H groups in total. The Hall–Kier alpha value is -1.94. The zero-order chi connectivity index (χ0) is 17.8. The first-order chi connectivity index (χ1) is 10.7. The molecule has 0 saturated heterocycles. The number of aliphatic hydroxyl groups excluding tert-OH is 1. The molecular formula is C19H29N3O. The fourth-order valence-electron chi connectivity index (χ4n) is 2.18. The van der Waals surface area contributed by atoms with Gasteiger partial charge in [-0.15, -0.1) is 0 Å². The number of aliphatic hydroxyl groups is 1. The van der Waals surface area contributed by atoms with Gasteiger partial charge in [-0.2, -0.15) is 0 Å². The SMILES string of the molecule is CC.Cc1nc(-c2ccc(C(C)(C)C)cc2CO)nc(N)c1C. The van der Waals surface area contributed by atoms with Crippen LogP contribution in [0.3, 0.4) is 0 Å². The molecule has 1 aromatic carbocycles. The van der Waals surface area contributed by atoms with E-state index >= 15 is 0 Å². The van der Waals surface area contributed by atoms with Crippen molar-refractivity contribution < 1.29 is 5.11 Å². The molecule has 23 heavy (non-hydrogen) atoms. The second kappa shape index (κ2) is 7.55. The molecule has 0 atom stereocenters. The number of nitrogens with two attached hydrogens (primary N) is 1. The van der Waals surface area contributed by atoms with Crippen LogP contribution in [-0.2, 0) is 12.0 Å². The molecule has 4 nitrogen and oxygen atoms in total. The van der Waals surface area contributed by atoms with Crippen molar-refractivity contribution in [2.75, 3.05) is 5.73 Å². The van der Waals surface area contributed by atoms with Crippen LogP contribution in [-0.4, -0.2) is 15.1 Å². The van der Waals surface area contributed by atoms with Gasteiger partial charge in [-0.05, 0) is 30.4 Å². The third-order valence-corrected chi connectivity index (χ3v) is 3.81. The highest BCUT2D eigenvalue weighted by atomic mass is 16.3. The molecule has 1 heterocycles. The van der Waals surface area contributed by atoms with Crippen molar-refractivity contribution in [1.82, 2.24) is 9.97 Å². The third-order valence-electron chi connectivity index (χ3n) is 3.81. The molecular weight excluding hydrogens is 286 g/mol. The lowest BCUT2D eigenvalue weighted by Crippen LogP contribution is -2.12. The maximum atomic E-state index is 9.68. The summed E-state index contributed by atoms with van der Waals surface area (Å²) in [5.74, 6) is 1.06. The van der Waals surface area contributed by atoms with Gasteiger partial charge in [0.05, 0.1) is 6.61 Å². The molecule has 4 heteroatoms. The van der Waals surface area contributed by atoms with Crippen molar-refractivity contribution in [3.05, 3.63) is 40.6 Å². The first kappa shape index (κ1) is 19.1. The van der Waals surface area contributed by atoms with Crippen molar-refractivity contribution in [3.8, 4) is 11.4 Å². The maximum absolute atomic E-state index is 9.68. The first-order valence-corrected chi connectivity index (χ1v) is 8.09. The van der Waals surface area contributed by atoms with Crippen LogP contribution in [0.2, 0.25) is 0 Å². The Morgan fingerprint density at radius 3 is 2.17 bits per heavy atom. The maximum Gasteiger partial charge on any atom is 0.162 e. The van der Waals surface area contributed by atoms with Crippen molar-refractivity contribution in [1.29, 1.82) is 0 Å². The Bertz CT molecular complexity index is 650. The van der Waals surface area contributed by atoms with Crippen molar-refractivity contribution in [3.63, 3.8) is 0 Å². The van der Waals surface area contributed by atoms with Crippen molar-refractivity contribution in [2.24, 2.45) is 0 Å². The Labute approximate surface area is 139 Å². The summed E-state index contributed by atoms with van der Waals surface area (Å²) in [6.45, 7) is 14.2. The van der Waals surface area contributed by atoms with Crippen LogP contribution in [0.1, 0.15) is 57.0 Å². The number of nitrogen functional groups attached to an aromatic ring is 1. The lowest BCUT2D eigenvalue weighted by atomic mass is 9.85. The van der Waals surface area contributed by atoms with Gasteiger partial charge in [0.1, 0.15) is 5.82 Å². The van der Waals surface area contributed by atoms with Gasteiger partial charge in [0, 0.05) is 16.8 Å². The van der Waals surface area contributed by atoms with Gasteiger partial charge in [0.2, 0.25) is 0 Å².